The standard InChI is InChI=1S/C11H17N5O2/c1-15(9-6-10(17)14-8-13-9)7-11(18)16-4-2-12-3-5-16/h6,8,12H,2-5,7H2,1H3,(H,13,14,17). The minimum Gasteiger partial charge on any atom is -0.350 e. The fraction of sp³-hybridized carbons (Fsp3) is 0.545. The van der Waals surface area contributed by atoms with Crippen molar-refractivity contribution in [3.63, 3.8) is 0 Å². The molecule has 0 unspecified atom stereocenters. The predicted octanol–water partition coefficient (Wildman–Crippen LogP) is -1.36. The molecule has 1 aliphatic heterocycles. The van der Waals surface area contributed by atoms with Gasteiger partial charge in [0, 0.05) is 39.3 Å². The van der Waals surface area contributed by atoms with Crippen molar-refractivity contribution in [2.75, 3.05) is 44.7 Å². The summed E-state index contributed by atoms with van der Waals surface area (Å²) in [5.41, 5.74) is -0.221. The first-order chi connectivity index (χ1) is 8.66. The Morgan fingerprint density at radius 3 is 2.89 bits per heavy atom. The molecule has 1 fully saturated rings. The van der Waals surface area contributed by atoms with Crippen LogP contribution >= 0.6 is 0 Å². The molecule has 2 heterocycles. The lowest BCUT2D eigenvalue weighted by Gasteiger charge is -2.29. The zero-order valence-corrected chi connectivity index (χ0v) is 10.3. The number of piperazine rings is 1. The number of hydrogen-bond acceptors (Lipinski definition) is 5. The molecule has 0 radical (unpaired) electrons. The number of carbonyl (C=O) groups excluding carboxylic acids is 1. The molecule has 1 aliphatic rings. The number of rotatable bonds is 3. The van der Waals surface area contributed by atoms with Gasteiger partial charge in [0.25, 0.3) is 5.56 Å². The molecule has 0 aliphatic carbocycles. The zero-order valence-electron chi connectivity index (χ0n) is 10.3. The fourth-order valence-corrected chi connectivity index (χ4v) is 1.87. The molecule has 98 valence electrons. The molecule has 0 aromatic carbocycles. The van der Waals surface area contributed by atoms with Gasteiger partial charge >= 0.3 is 0 Å². The minimum atomic E-state index is -0.221. The number of carbonyl (C=O) groups is 1. The highest BCUT2D eigenvalue weighted by Crippen LogP contribution is 2.04. The number of hydrogen-bond donors (Lipinski definition) is 2. The summed E-state index contributed by atoms with van der Waals surface area (Å²) < 4.78 is 0. The van der Waals surface area contributed by atoms with Gasteiger partial charge in [-0.3, -0.25) is 9.59 Å². The molecule has 1 aromatic rings. The van der Waals surface area contributed by atoms with Gasteiger partial charge in [-0.15, -0.1) is 0 Å². The number of anilines is 1. The van der Waals surface area contributed by atoms with Crippen LogP contribution in [0.2, 0.25) is 0 Å². The van der Waals surface area contributed by atoms with Crippen LogP contribution < -0.4 is 15.8 Å². The number of likely N-dealkylation sites (N-methyl/N-ethyl adjacent to an activating group) is 1. The largest absolute Gasteiger partial charge is 0.350 e. The van der Waals surface area contributed by atoms with Crippen molar-refractivity contribution in [1.82, 2.24) is 20.2 Å². The van der Waals surface area contributed by atoms with Crippen LogP contribution in [0.15, 0.2) is 17.2 Å². The Morgan fingerprint density at radius 1 is 1.50 bits per heavy atom. The predicted molar refractivity (Wildman–Crippen MR) is 67.6 cm³/mol. The summed E-state index contributed by atoms with van der Waals surface area (Å²) >= 11 is 0. The Kier molecular flexibility index (Phi) is 3.93. The monoisotopic (exact) mass is 251 g/mol. The first-order valence-corrected chi connectivity index (χ1v) is 5.91. The lowest BCUT2D eigenvalue weighted by molar-refractivity contribution is -0.130. The van der Waals surface area contributed by atoms with Crippen molar-refractivity contribution in [3.05, 3.63) is 22.7 Å². The molecule has 0 bridgehead atoms. The molecule has 1 aromatic heterocycles. The summed E-state index contributed by atoms with van der Waals surface area (Å²) in [4.78, 5) is 33.1. The van der Waals surface area contributed by atoms with Crippen molar-refractivity contribution in [2.24, 2.45) is 0 Å². The lowest BCUT2D eigenvalue weighted by atomic mass is 10.3. The zero-order chi connectivity index (χ0) is 13.0. The molecule has 0 spiro atoms. The summed E-state index contributed by atoms with van der Waals surface area (Å²) in [5, 5.41) is 3.20. The third-order valence-corrected chi connectivity index (χ3v) is 2.90. The Hall–Kier alpha value is -1.89. The van der Waals surface area contributed by atoms with Crippen molar-refractivity contribution >= 4 is 11.7 Å². The molecular weight excluding hydrogens is 234 g/mol. The van der Waals surface area contributed by atoms with Gasteiger partial charge in [-0.1, -0.05) is 0 Å². The highest BCUT2D eigenvalue weighted by molar-refractivity contribution is 5.81. The number of amides is 1. The first kappa shape index (κ1) is 12.6. The molecule has 2 N–H and O–H groups in total. The molecule has 1 saturated heterocycles. The average molecular weight is 251 g/mol. The van der Waals surface area contributed by atoms with Gasteiger partial charge in [0.1, 0.15) is 5.82 Å². The Balaban J connectivity index is 1.96. The second kappa shape index (κ2) is 5.63. The van der Waals surface area contributed by atoms with Crippen LogP contribution in [0.5, 0.6) is 0 Å². The molecule has 7 heteroatoms. The molecule has 1 amide bonds. The summed E-state index contributed by atoms with van der Waals surface area (Å²) in [7, 11) is 1.75. The smallest absolute Gasteiger partial charge is 0.252 e. The summed E-state index contributed by atoms with van der Waals surface area (Å²) in [5.74, 6) is 0.559. The van der Waals surface area contributed by atoms with E-state index in [1.165, 1.54) is 12.4 Å². The van der Waals surface area contributed by atoms with E-state index in [0.717, 1.165) is 26.2 Å². The van der Waals surface area contributed by atoms with E-state index >= 15 is 0 Å². The number of aromatic amines is 1. The van der Waals surface area contributed by atoms with Crippen LogP contribution in [0.4, 0.5) is 5.82 Å². The third-order valence-electron chi connectivity index (χ3n) is 2.90. The van der Waals surface area contributed by atoms with Crippen LogP contribution in [0.3, 0.4) is 0 Å². The maximum Gasteiger partial charge on any atom is 0.252 e. The van der Waals surface area contributed by atoms with Crippen molar-refractivity contribution in [2.45, 2.75) is 0 Å². The molecular formula is C11H17N5O2. The Bertz CT molecular complexity index is 467. The maximum atomic E-state index is 12.0. The number of nitrogens with one attached hydrogen (secondary N) is 2. The van der Waals surface area contributed by atoms with Gasteiger partial charge in [0.15, 0.2) is 0 Å². The fourth-order valence-electron chi connectivity index (χ4n) is 1.87. The van der Waals surface area contributed by atoms with E-state index in [2.05, 4.69) is 15.3 Å². The molecule has 2 rings (SSSR count). The highest BCUT2D eigenvalue weighted by atomic mass is 16.2. The van der Waals surface area contributed by atoms with Gasteiger partial charge in [0.05, 0.1) is 12.9 Å². The van der Waals surface area contributed by atoms with E-state index in [9.17, 15) is 9.59 Å². The van der Waals surface area contributed by atoms with E-state index in [-0.39, 0.29) is 18.0 Å². The lowest BCUT2D eigenvalue weighted by Crippen LogP contribution is -2.49. The Morgan fingerprint density at radius 2 is 2.22 bits per heavy atom. The molecule has 0 atom stereocenters. The van der Waals surface area contributed by atoms with E-state index in [0.29, 0.717) is 5.82 Å². The normalized spacial score (nSPS) is 15.5. The van der Waals surface area contributed by atoms with Crippen molar-refractivity contribution < 1.29 is 4.79 Å². The summed E-state index contributed by atoms with van der Waals surface area (Å²) in [6.45, 7) is 3.36. The SMILES string of the molecule is CN(CC(=O)N1CCNCC1)c1cc(=O)[nH]cn1. The van der Waals surface area contributed by atoms with Crippen molar-refractivity contribution in [1.29, 1.82) is 0 Å². The van der Waals surface area contributed by atoms with Gasteiger partial charge in [-0.25, -0.2) is 4.98 Å². The van der Waals surface area contributed by atoms with E-state index in [1.54, 1.807) is 11.9 Å². The topological polar surface area (TPSA) is 81.3 Å². The van der Waals surface area contributed by atoms with Crippen LogP contribution in [0, 0.1) is 0 Å². The maximum absolute atomic E-state index is 12.0. The summed E-state index contributed by atoms with van der Waals surface area (Å²) in [6, 6.07) is 1.38. The summed E-state index contributed by atoms with van der Waals surface area (Å²) in [6.07, 6.45) is 1.34. The minimum absolute atomic E-state index is 0.0566. The van der Waals surface area contributed by atoms with E-state index in [4.69, 9.17) is 0 Å². The molecule has 18 heavy (non-hydrogen) atoms. The van der Waals surface area contributed by atoms with Gasteiger partial charge in [-0.2, -0.15) is 0 Å². The van der Waals surface area contributed by atoms with Crippen LogP contribution in [0.25, 0.3) is 0 Å². The number of aromatic nitrogens is 2. The number of nitrogens with zero attached hydrogens (tertiary/aromatic N) is 3. The third kappa shape index (κ3) is 3.07. The first-order valence-electron chi connectivity index (χ1n) is 5.91. The number of H-pyrrole nitrogens is 1. The highest BCUT2D eigenvalue weighted by Gasteiger charge is 2.18. The second-order valence-corrected chi connectivity index (χ2v) is 4.26. The van der Waals surface area contributed by atoms with Crippen LogP contribution in [-0.2, 0) is 4.79 Å². The van der Waals surface area contributed by atoms with Crippen molar-refractivity contribution in [3.8, 4) is 0 Å². The molecule has 7 nitrogen and oxygen atoms in total. The van der Waals surface area contributed by atoms with E-state index < -0.39 is 0 Å². The van der Waals surface area contributed by atoms with Gasteiger partial charge in [-0.05, 0) is 0 Å². The average Bonchev–Trinajstić information content (AvgIpc) is 2.39. The second-order valence-electron chi connectivity index (χ2n) is 4.26. The van der Waals surface area contributed by atoms with Gasteiger partial charge < -0.3 is 20.1 Å². The Labute approximate surface area is 105 Å². The van der Waals surface area contributed by atoms with Gasteiger partial charge in [0.2, 0.25) is 5.91 Å². The van der Waals surface area contributed by atoms with E-state index in [1.807, 2.05) is 4.90 Å². The van der Waals surface area contributed by atoms with Crippen LogP contribution in [0.1, 0.15) is 0 Å². The van der Waals surface area contributed by atoms with Crippen LogP contribution in [-0.4, -0.2) is 60.5 Å². The molecule has 0 saturated carbocycles. The quantitative estimate of drug-likeness (QED) is 0.693.